The van der Waals surface area contributed by atoms with Crippen molar-refractivity contribution in [2.45, 2.75) is 45.8 Å². The molecule has 0 heterocycles. The number of halogens is 1. The molecule has 0 aromatic heterocycles. The molecule has 1 rings (SSSR count). The van der Waals surface area contributed by atoms with Crippen LogP contribution in [-0.4, -0.2) is 45.5 Å². The molecule has 0 spiro atoms. The summed E-state index contributed by atoms with van der Waals surface area (Å²) in [6.07, 6.45) is 2.46. The van der Waals surface area contributed by atoms with E-state index in [1.165, 1.54) is 0 Å². The monoisotopic (exact) mass is 399 g/mol. The lowest BCUT2D eigenvalue weighted by Crippen LogP contribution is -2.70. The minimum Gasteiger partial charge on any atom is -0.383 e. The van der Waals surface area contributed by atoms with E-state index in [0.717, 1.165) is 12.8 Å². The van der Waals surface area contributed by atoms with Gasteiger partial charge in [0.15, 0.2) is 5.96 Å². The molecule has 0 saturated heterocycles. The fourth-order valence-corrected chi connectivity index (χ4v) is 3.56. The molecule has 1 aliphatic rings. The number of hydrogen-bond donors (Lipinski definition) is 2. The summed E-state index contributed by atoms with van der Waals surface area (Å²) in [5, 5.41) is 3.37. The Bertz CT molecular complexity index is 309. The van der Waals surface area contributed by atoms with Crippen LogP contribution in [0.3, 0.4) is 0 Å². The number of guanidine groups is 1. The molecular formula is C14H30IN3O2. The maximum atomic E-state index is 5.95. The Balaban J connectivity index is 0.00000361. The van der Waals surface area contributed by atoms with Crippen molar-refractivity contribution in [3.8, 4) is 0 Å². The Morgan fingerprint density at radius 2 is 1.90 bits per heavy atom. The highest BCUT2D eigenvalue weighted by Crippen LogP contribution is 2.52. The van der Waals surface area contributed by atoms with Gasteiger partial charge in [-0.2, -0.15) is 0 Å². The molecule has 0 radical (unpaired) electrons. The highest BCUT2D eigenvalue weighted by molar-refractivity contribution is 14.0. The van der Waals surface area contributed by atoms with Crippen molar-refractivity contribution in [1.29, 1.82) is 0 Å². The molecule has 3 atom stereocenters. The Morgan fingerprint density at radius 3 is 2.35 bits per heavy atom. The van der Waals surface area contributed by atoms with E-state index in [2.05, 4.69) is 31.1 Å². The van der Waals surface area contributed by atoms with Crippen molar-refractivity contribution < 1.29 is 9.47 Å². The SMILES string of the molecule is CCC1(CC)C(NC(N)=NCCOC)C(C)C1OC.I. The second kappa shape index (κ2) is 9.04. The highest BCUT2D eigenvalue weighted by Gasteiger charge is 2.58. The summed E-state index contributed by atoms with van der Waals surface area (Å²) in [6, 6.07) is 0.332. The summed E-state index contributed by atoms with van der Waals surface area (Å²) in [5.41, 5.74) is 6.11. The van der Waals surface area contributed by atoms with E-state index in [9.17, 15) is 0 Å². The molecule has 1 fully saturated rings. The number of nitrogens with zero attached hydrogens (tertiary/aromatic N) is 1. The van der Waals surface area contributed by atoms with Crippen LogP contribution in [0.1, 0.15) is 33.6 Å². The van der Waals surface area contributed by atoms with Crippen molar-refractivity contribution in [3.05, 3.63) is 0 Å². The average Bonchev–Trinajstić information content (AvgIpc) is 2.42. The topological polar surface area (TPSA) is 68.9 Å². The number of aliphatic imine (C=N–C) groups is 1. The minimum absolute atomic E-state index is 0. The van der Waals surface area contributed by atoms with Crippen molar-refractivity contribution in [3.63, 3.8) is 0 Å². The number of ether oxygens (including phenoxy) is 2. The zero-order valence-corrected chi connectivity index (χ0v) is 15.6. The van der Waals surface area contributed by atoms with Gasteiger partial charge < -0.3 is 20.5 Å². The molecule has 3 unspecified atom stereocenters. The Labute approximate surface area is 140 Å². The maximum Gasteiger partial charge on any atom is 0.188 e. The zero-order valence-electron chi connectivity index (χ0n) is 13.3. The number of rotatable bonds is 7. The molecule has 5 nitrogen and oxygen atoms in total. The summed E-state index contributed by atoms with van der Waals surface area (Å²) in [6.45, 7) is 7.83. The first-order valence-corrected chi connectivity index (χ1v) is 7.15. The van der Waals surface area contributed by atoms with Crippen LogP contribution in [0.25, 0.3) is 0 Å². The van der Waals surface area contributed by atoms with E-state index in [-0.39, 0.29) is 29.4 Å². The van der Waals surface area contributed by atoms with Gasteiger partial charge in [0.25, 0.3) is 0 Å². The largest absolute Gasteiger partial charge is 0.383 e. The van der Waals surface area contributed by atoms with Crippen molar-refractivity contribution >= 4 is 29.9 Å². The molecule has 1 aliphatic carbocycles. The Hall–Kier alpha value is -0.0800. The molecule has 0 bridgehead atoms. The van der Waals surface area contributed by atoms with Crippen molar-refractivity contribution in [2.75, 3.05) is 27.4 Å². The Kier molecular flexibility index (Phi) is 9.01. The van der Waals surface area contributed by atoms with Gasteiger partial charge in [-0.1, -0.05) is 20.8 Å². The third-order valence-corrected chi connectivity index (χ3v) is 4.64. The van der Waals surface area contributed by atoms with Crippen molar-refractivity contribution in [2.24, 2.45) is 22.1 Å². The van der Waals surface area contributed by atoms with Gasteiger partial charge in [-0.05, 0) is 12.8 Å². The van der Waals surface area contributed by atoms with E-state index in [1.54, 1.807) is 14.2 Å². The molecule has 0 amide bonds. The van der Waals surface area contributed by atoms with Crippen LogP contribution >= 0.6 is 24.0 Å². The summed E-state index contributed by atoms with van der Waals surface area (Å²) < 4.78 is 10.6. The molecule has 0 aromatic carbocycles. The fraction of sp³-hybridized carbons (Fsp3) is 0.929. The van der Waals surface area contributed by atoms with Crippen molar-refractivity contribution in [1.82, 2.24) is 5.32 Å². The van der Waals surface area contributed by atoms with Crippen LogP contribution in [0.15, 0.2) is 4.99 Å². The first-order valence-electron chi connectivity index (χ1n) is 7.15. The summed E-state index contributed by atoms with van der Waals surface area (Å²) in [4.78, 5) is 4.27. The predicted molar refractivity (Wildman–Crippen MR) is 93.7 cm³/mol. The van der Waals surface area contributed by atoms with E-state index in [4.69, 9.17) is 15.2 Å². The quantitative estimate of drug-likeness (QED) is 0.297. The molecule has 20 heavy (non-hydrogen) atoms. The lowest BCUT2D eigenvalue weighted by Gasteiger charge is -2.59. The third kappa shape index (κ3) is 3.76. The molecule has 120 valence electrons. The van der Waals surface area contributed by atoms with E-state index >= 15 is 0 Å². The van der Waals surface area contributed by atoms with Crippen LogP contribution < -0.4 is 11.1 Å². The van der Waals surface area contributed by atoms with Gasteiger partial charge in [0, 0.05) is 31.6 Å². The first-order chi connectivity index (χ1) is 9.07. The normalized spacial score (nSPS) is 28.4. The standard InChI is InChI=1S/C14H29N3O2.HI/c1-6-14(7-2)11(10(3)12(14)19-5)17-13(15)16-8-9-18-4;/h10-12H,6-9H2,1-5H3,(H3,15,16,17);1H. The minimum atomic E-state index is 0. The predicted octanol–water partition coefficient (Wildman–Crippen LogP) is 1.99. The van der Waals surface area contributed by atoms with Gasteiger partial charge in [-0.25, -0.2) is 0 Å². The summed E-state index contributed by atoms with van der Waals surface area (Å²) in [5.74, 6) is 0.954. The third-order valence-electron chi connectivity index (χ3n) is 4.64. The van der Waals surface area contributed by atoms with E-state index in [0.29, 0.717) is 37.2 Å². The van der Waals surface area contributed by atoms with Gasteiger partial charge in [-0.3, -0.25) is 4.99 Å². The van der Waals surface area contributed by atoms with E-state index < -0.39 is 0 Å². The molecule has 3 N–H and O–H groups in total. The second-order valence-corrected chi connectivity index (χ2v) is 5.34. The number of nitrogens with two attached hydrogens (primary N) is 1. The van der Waals surface area contributed by atoms with Crippen LogP contribution in [-0.2, 0) is 9.47 Å². The van der Waals surface area contributed by atoms with Gasteiger partial charge >= 0.3 is 0 Å². The number of hydrogen-bond acceptors (Lipinski definition) is 3. The van der Waals surface area contributed by atoms with Gasteiger partial charge in [0.1, 0.15) is 0 Å². The molecule has 1 saturated carbocycles. The molecule has 6 heteroatoms. The lowest BCUT2D eigenvalue weighted by molar-refractivity contribution is -0.163. The number of methoxy groups -OCH3 is 2. The average molecular weight is 399 g/mol. The molecular weight excluding hydrogens is 369 g/mol. The first kappa shape index (κ1) is 19.9. The fourth-order valence-electron chi connectivity index (χ4n) is 3.56. The smallest absolute Gasteiger partial charge is 0.188 e. The number of nitrogens with one attached hydrogen (secondary N) is 1. The van der Waals surface area contributed by atoms with Gasteiger partial charge in [-0.15, -0.1) is 24.0 Å². The van der Waals surface area contributed by atoms with Gasteiger partial charge in [0.05, 0.1) is 19.3 Å². The summed E-state index contributed by atoms with van der Waals surface area (Å²) >= 11 is 0. The Morgan fingerprint density at radius 1 is 1.30 bits per heavy atom. The lowest BCUT2D eigenvalue weighted by atomic mass is 9.53. The van der Waals surface area contributed by atoms with Crippen LogP contribution in [0.5, 0.6) is 0 Å². The van der Waals surface area contributed by atoms with Crippen LogP contribution in [0.2, 0.25) is 0 Å². The molecule has 0 aliphatic heterocycles. The van der Waals surface area contributed by atoms with Crippen LogP contribution in [0.4, 0.5) is 0 Å². The zero-order chi connectivity index (χ0) is 14.5. The molecule has 0 aromatic rings. The second-order valence-electron chi connectivity index (χ2n) is 5.34. The van der Waals surface area contributed by atoms with Crippen LogP contribution in [0, 0.1) is 11.3 Å². The maximum absolute atomic E-state index is 5.95. The summed E-state index contributed by atoms with van der Waals surface area (Å²) in [7, 11) is 3.46. The van der Waals surface area contributed by atoms with Gasteiger partial charge in [0.2, 0.25) is 0 Å². The highest BCUT2D eigenvalue weighted by atomic mass is 127. The van der Waals surface area contributed by atoms with E-state index in [1.807, 2.05) is 0 Å².